The highest BCUT2D eigenvalue weighted by Gasteiger charge is 1.98. The molecule has 0 aliphatic rings. The van der Waals surface area contributed by atoms with Crippen LogP contribution >= 0.6 is 0 Å². The Morgan fingerprint density at radius 3 is 2.30 bits per heavy atom. The normalized spacial score (nSPS) is 14.1. The molecule has 0 fully saturated rings. The lowest BCUT2D eigenvalue weighted by molar-refractivity contribution is 0.0604. The summed E-state index contributed by atoms with van der Waals surface area (Å²) in [6.07, 6.45) is 2.36. The van der Waals surface area contributed by atoms with Gasteiger partial charge in [-0.2, -0.15) is 0 Å². The van der Waals surface area contributed by atoms with Gasteiger partial charge in [-0.05, 0) is 25.7 Å². The minimum absolute atomic E-state index is 0.332. The summed E-state index contributed by atoms with van der Waals surface area (Å²) in [5.41, 5.74) is 0. The Kier molecular flexibility index (Phi) is 5.70. The molecule has 1 nitrogen and oxygen atoms in total. The first-order valence-corrected chi connectivity index (χ1v) is 4.07. The van der Waals surface area contributed by atoms with Crippen LogP contribution in [0.4, 0.5) is 0 Å². The standard InChI is InChI=1S/C9H19O/c1-5-9(4)10-7-6-8(2)3/h8-9H,1,5-7H2,2-4H3. The zero-order valence-electron chi connectivity index (χ0n) is 7.39. The molecule has 0 spiro atoms. The minimum Gasteiger partial charge on any atom is -0.379 e. The molecule has 1 atom stereocenters. The van der Waals surface area contributed by atoms with Crippen molar-refractivity contribution in [1.82, 2.24) is 0 Å². The van der Waals surface area contributed by atoms with Crippen molar-refractivity contribution in [1.29, 1.82) is 0 Å². The van der Waals surface area contributed by atoms with Crippen LogP contribution in [-0.2, 0) is 4.74 Å². The van der Waals surface area contributed by atoms with E-state index in [9.17, 15) is 0 Å². The lowest BCUT2D eigenvalue weighted by Gasteiger charge is -2.11. The summed E-state index contributed by atoms with van der Waals surface area (Å²) in [6, 6.07) is 0. The van der Waals surface area contributed by atoms with E-state index in [4.69, 9.17) is 4.74 Å². The molecular formula is C9H19O. The molecule has 0 saturated heterocycles. The number of ether oxygens (including phenoxy) is 1. The third-order valence-electron chi connectivity index (χ3n) is 1.50. The van der Waals surface area contributed by atoms with E-state index in [1.165, 1.54) is 0 Å². The van der Waals surface area contributed by atoms with Gasteiger partial charge in [0.25, 0.3) is 0 Å². The summed E-state index contributed by atoms with van der Waals surface area (Å²) >= 11 is 0. The van der Waals surface area contributed by atoms with Crippen LogP contribution in [0.2, 0.25) is 0 Å². The molecule has 1 radical (unpaired) electrons. The van der Waals surface area contributed by atoms with Crippen molar-refractivity contribution in [2.45, 2.75) is 39.7 Å². The van der Waals surface area contributed by atoms with Gasteiger partial charge in [-0.1, -0.05) is 20.8 Å². The Labute approximate surface area is 64.8 Å². The number of hydrogen-bond donors (Lipinski definition) is 0. The Morgan fingerprint density at radius 2 is 1.90 bits per heavy atom. The first kappa shape index (κ1) is 9.96. The topological polar surface area (TPSA) is 9.23 Å². The third kappa shape index (κ3) is 6.09. The van der Waals surface area contributed by atoms with Gasteiger partial charge in [0.05, 0.1) is 6.10 Å². The van der Waals surface area contributed by atoms with Gasteiger partial charge in [0.15, 0.2) is 0 Å². The van der Waals surface area contributed by atoms with Crippen LogP contribution in [0.1, 0.15) is 33.6 Å². The summed E-state index contributed by atoms with van der Waals surface area (Å²) in [5, 5.41) is 0. The van der Waals surface area contributed by atoms with Crippen molar-refractivity contribution in [2.24, 2.45) is 5.92 Å². The van der Waals surface area contributed by atoms with E-state index in [1.807, 2.05) is 0 Å². The summed E-state index contributed by atoms with van der Waals surface area (Å²) in [6.45, 7) is 11.1. The SMILES string of the molecule is [CH2]CC(C)OCCC(C)C. The van der Waals surface area contributed by atoms with Crippen LogP contribution in [0.15, 0.2) is 0 Å². The van der Waals surface area contributed by atoms with Crippen LogP contribution in [0, 0.1) is 12.8 Å². The minimum atomic E-state index is 0.332. The lowest BCUT2D eigenvalue weighted by Crippen LogP contribution is -2.08. The fourth-order valence-electron chi connectivity index (χ4n) is 0.588. The molecule has 1 unspecified atom stereocenters. The molecule has 0 aliphatic carbocycles. The Balaban J connectivity index is 3.03. The van der Waals surface area contributed by atoms with Gasteiger partial charge in [-0.25, -0.2) is 0 Å². The fraction of sp³-hybridized carbons (Fsp3) is 0.889. The van der Waals surface area contributed by atoms with Crippen molar-refractivity contribution < 1.29 is 4.74 Å². The Morgan fingerprint density at radius 1 is 1.30 bits per heavy atom. The Bertz CT molecular complexity index is 69.1. The lowest BCUT2D eigenvalue weighted by atomic mass is 10.1. The van der Waals surface area contributed by atoms with Crippen molar-refractivity contribution >= 4 is 0 Å². The van der Waals surface area contributed by atoms with Gasteiger partial charge in [0, 0.05) is 6.61 Å². The average molecular weight is 143 g/mol. The van der Waals surface area contributed by atoms with Crippen molar-refractivity contribution in [3.05, 3.63) is 6.92 Å². The third-order valence-corrected chi connectivity index (χ3v) is 1.50. The molecule has 1 heteroatoms. The van der Waals surface area contributed by atoms with Crippen LogP contribution in [-0.4, -0.2) is 12.7 Å². The molecule has 61 valence electrons. The second-order valence-corrected chi connectivity index (χ2v) is 3.15. The molecule has 0 bridgehead atoms. The van der Waals surface area contributed by atoms with E-state index in [0.29, 0.717) is 6.10 Å². The molecule has 0 amide bonds. The second-order valence-electron chi connectivity index (χ2n) is 3.15. The molecule has 0 aromatic heterocycles. The fourth-order valence-corrected chi connectivity index (χ4v) is 0.588. The molecule has 0 rings (SSSR count). The molecule has 0 aromatic carbocycles. The first-order valence-electron chi connectivity index (χ1n) is 4.07. The smallest absolute Gasteiger partial charge is 0.0547 e. The molecule has 10 heavy (non-hydrogen) atoms. The van der Waals surface area contributed by atoms with Crippen molar-refractivity contribution in [2.75, 3.05) is 6.61 Å². The zero-order chi connectivity index (χ0) is 7.98. The van der Waals surface area contributed by atoms with Crippen LogP contribution in [0.25, 0.3) is 0 Å². The average Bonchev–Trinajstić information content (AvgIpc) is 1.87. The summed E-state index contributed by atoms with van der Waals surface area (Å²) in [7, 11) is 0. The molecular weight excluding hydrogens is 124 g/mol. The van der Waals surface area contributed by atoms with Gasteiger partial charge < -0.3 is 4.74 Å². The summed E-state index contributed by atoms with van der Waals surface area (Å²) in [4.78, 5) is 0. The summed E-state index contributed by atoms with van der Waals surface area (Å²) < 4.78 is 5.44. The first-order chi connectivity index (χ1) is 4.66. The molecule has 0 heterocycles. The van der Waals surface area contributed by atoms with Crippen molar-refractivity contribution in [3.8, 4) is 0 Å². The van der Waals surface area contributed by atoms with Crippen LogP contribution < -0.4 is 0 Å². The van der Waals surface area contributed by atoms with Gasteiger partial charge >= 0.3 is 0 Å². The van der Waals surface area contributed by atoms with E-state index in [-0.39, 0.29) is 0 Å². The van der Waals surface area contributed by atoms with Gasteiger partial charge in [-0.15, -0.1) is 0 Å². The molecule has 0 aliphatic heterocycles. The monoisotopic (exact) mass is 143 g/mol. The van der Waals surface area contributed by atoms with Gasteiger partial charge in [0.2, 0.25) is 0 Å². The van der Waals surface area contributed by atoms with E-state index in [2.05, 4.69) is 27.7 Å². The largest absolute Gasteiger partial charge is 0.379 e. The zero-order valence-corrected chi connectivity index (χ0v) is 7.39. The van der Waals surface area contributed by atoms with Gasteiger partial charge in [0.1, 0.15) is 0 Å². The highest BCUT2D eigenvalue weighted by atomic mass is 16.5. The molecule has 0 saturated carbocycles. The van der Waals surface area contributed by atoms with E-state index in [0.717, 1.165) is 25.4 Å². The van der Waals surface area contributed by atoms with Crippen LogP contribution in [0.5, 0.6) is 0 Å². The maximum absolute atomic E-state index is 5.44. The van der Waals surface area contributed by atoms with Crippen molar-refractivity contribution in [3.63, 3.8) is 0 Å². The highest BCUT2D eigenvalue weighted by Crippen LogP contribution is 2.02. The van der Waals surface area contributed by atoms with Gasteiger partial charge in [-0.3, -0.25) is 0 Å². The Hall–Kier alpha value is -0.0400. The predicted molar refractivity (Wildman–Crippen MR) is 44.8 cm³/mol. The van der Waals surface area contributed by atoms with Crippen LogP contribution in [0.3, 0.4) is 0 Å². The van der Waals surface area contributed by atoms with E-state index >= 15 is 0 Å². The predicted octanol–water partition coefficient (Wildman–Crippen LogP) is 2.66. The molecule has 0 N–H and O–H groups in total. The highest BCUT2D eigenvalue weighted by molar-refractivity contribution is 4.51. The van der Waals surface area contributed by atoms with E-state index in [1.54, 1.807) is 0 Å². The number of hydrogen-bond acceptors (Lipinski definition) is 1. The molecule has 0 aromatic rings. The summed E-state index contributed by atoms with van der Waals surface area (Å²) in [5.74, 6) is 0.747. The maximum Gasteiger partial charge on any atom is 0.0547 e. The quantitative estimate of drug-likeness (QED) is 0.575. The maximum atomic E-state index is 5.44. The number of rotatable bonds is 5. The van der Waals surface area contributed by atoms with E-state index < -0.39 is 0 Å². The second kappa shape index (κ2) is 5.72.